The number of carboxylic acids is 1. The minimum absolute atomic E-state index is 0.363. The average Bonchev–Trinajstić information content (AvgIpc) is 2.49. The maximum atomic E-state index is 10.8. The Kier molecular flexibility index (Phi) is 3.52. The minimum atomic E-state index is -0.938. The molecule has 4 heteroatoms. The summed E-state index contributed by atoms with van der Waals surface area (Å²) in [5.74, 6) is -0.938. The largest absolute Gasteiger partial charge is 0.480 e. The Labute approximate surface area is 119 Å². The Bertz CT molecular complexity index is 476. The normalized spacial score (nSPS) is 30.1. The van der Waals surface area contributed by atoms with E-state index in [0.29, 0.717) is 11.8 Å². The maximum absolute atomic E-state index is 10.8. The van der Waals surface area contributed by atoms with E-state index in [-0.39, 0.29) is 0 Å². The number of benzene rings is 1. The fourth-order valence-electron chi connectivity index (χ4n) is 3.60. The fourth-order valence-corrected chi connectivity index (χ4v) is 3.60. The highest BCUT2D eigenvalue weighted by atomic mass is 16.4. The Morgan fingerprint density at radius 3 is 2.25 bits per heavy atom. The molecule has 0 aromatic heterocycles. The van der Waals surface area contributed by atoms with E-state index in [2.05, 4.69) is 17.0 Å². The van der Waals surface area contributed by atoms with Gasteiger partial charge < -0.3 is 15.7 Å². The smallest absolute Gasteiger partial charge is 0.320 e. The van der Waals surface area contributed by atoms with Gasteiger partial charge in [0.1, 0.15) is 6.04 Å². The molecule has 108 valence electrons. The third kappa shape index (κ3) is 2.45. The monoisotopic (exact) mass is 274 g/mol. The van der Waals surface area contributed by atoms with E-state index in [0.717, 1.165) is 5.56 Å². The molecule has 1 aromatic carbocycles. The molecule has 3 aliphatic rings. The molecule has 1 unspecified atom stereocenters. The fraction of sp³-hybridized carbons (Fsp3) is 0.562. The number of rotatable bonds is 4. The Morgan fingerprint density at radius 2 is 1.75 bits per heavy atom. The van der Waals surface area contributed by atoms with E-state index >= 15 is 0 Å². The molecular weight excluding hydrogens is 252 g/mol. The predicted octanol–water partition coefficient (Wildman–Crippen LogP) is 1.38. The molecule has 3 N–H and O–H groups in total. The summed E-state index contributed by atoms with van der Waals surface area (Å²) < 4.78 is 0. The molecule has 0 radical (unpaired) electrons. The second-order valence-corrected chi connectivity index (χ2v) is 6.22. The molecular formula is C16H22N2O2. The third-order valence-corrected chi connectivity index (χ3v) is 5.06. The first-order chi connectivity index (χ1) is 9.59. The van der Waals surface area contributed by atoms with Crippen LogP contribution in [0.25, 0.3) is 0 Å². The lowest BCUT2D eigenvalue weighted by Gasteiger charge is -2.49. The van der Waals surface area contributed by atoms with Crippen LogP contribution in [0, 0.1) is 0 Å². The molecule has 2 bridgehead atoms. The highest BCUT2D eigenvalue weighted by Gasteiger charge is 2.40. The molecule has 20 heavy (non-hydrogen) atoms. The highest BCUT2D eigenvalue weighted by Crippen LogP contribution is 2.42. The number of nitrogens with two attached hydrogens (primary N) is 1. The lowest BCUT2D eigenvalue weighted by atomic mass is 9.67. The zero-order chi connectivity index (χ0) is 14.2. The van der Waals surface area contributed by atoms with Gasteiger partial charge in [0, 0.05) is 0 Å². The number of nitrogens with zero attached hydrogens (tertiary/aromatic N) is 1. The molecule has 4 rings (SSSR count). The second kappa shape index (κ2) is 5.19. The van der Waals surface area contributed by atoms with E-state index in [1.54, 1.807) is 0 Å². The van der Waals surface area contributed by atoms with Gasteiger partial charge in [-0.2, -0.15) is 0 Å². The van der Waals surface area contributed by atoms with Crippen LogP contribution < -0.4 is 5.73 Å². The van der Waals surface area contributed by atoms with Gasteiger partial charge in [0.05, 0.1) is 0 Å². The molecule has 3 saturated heterocycles. The van der Waals surface area contributed by atoms with Gasteiger partial charge in [-0.15, -0.1) is 0 Å². The number of carboxylic acid groups (broad SMARTS) is 1. The quantitative estimate of drug-likeness (QED) is 0.870. The van der Waals surface area contributed by atoms with Crippen LogP contribution in [0.15, 0.2) is 24.3 Å². The first-order valence-electron chi connectivity index (χ1n) is 7.39. The summed E-state index contributed by atoms with van der Waals surface area (Å²) in [7, 11) is 0. The number of carbonyl (C=O) groups is 1. The van der Waals surface area contributed by atoms with Crippen LogP contribution in [0.2, 0.25) is 0 Å². The van der Waals surface area contributed by atoms with Gasteiger partial charge in [0.2, 0.25) is 0 Å². The van der Waals surface area contributed by atoms with E-state index in [4.69, 9.17) is 10.8 Å². The molecule has 1 aromatic rings. The molecule has 0 aliphatic carbocycles. The molecule has 0 spiro atoms. The Hall–Kier alpha value is -1.39. The van der Waals surface area contributed by atoms with Gasteiger partial charge in [-0.05, 0) is 61.9 Å². The summed E-state index contributed by atoms with van der Waals surface area (Å²) in [5.41, 5.74) is 8.37. The van der Waals surface area contributed by atoms with Crippen molar-refractivity contribution >= 4 is 5.97 Å². The summed E-state index contributed by atoms with van der Waals surface area (Å²) in [6, 6.07) is 7.66. The Morgan fingerprint density at radius 1 is 1.20 bits per heavy atom. The first kappa shape index (κ1) is 13.6. The summed E-state index contributed by atoms with van der Waals surface area (Å²) in [6.07, 6.45) is 4.15. The molecule has 0 amide bonds. The number of aliphatic carboxylic acids is 1. The SMILES string of the molecule is NC(Cc1ccc(C23CCN(CC2)CC3)cc1)C(=O)O. The van der Waals surface area contributed by atoms with Crippen molar-refractivity contribution in [3.8, 4) is 0 Å². The number of hydrogen-bond acceptors (Lipinski definition) is 3. The van der Waals surface area contributed by atoms with Crippen molar-refractivity contribution in [3.05, 3.63) is 35.4 Å². The molecule has 3 heterocycles. The lowest BCUT2D eigenvalue weighted by molar-refractivity contribution is -0.138. The highest BCUT2D eigenvalue weighted by molar-refractivity contribution is 5.73. The van der Waals surface area contributed by atoms with Crippen LogP contribution in [0.5, 0.6) is 0 Å². The van der Waals surface area contributed by atoms with Crippen LogP contribution in [0.3, 0.4) is 0 Å². The van der Waals surface area contributed by atoms with Crippen molar-refractivity contribution in [2.24, 2.45) is 5.73 Å². The first-order valence-corrected chi connectivity index (χ1v) is 7.39. The molecule has 4 nitrogen and oxygen atoms in total. The van der Waals surface area contributed by atoms with Gasteiger partial charge in [-0.1, -0.05) is 24.3 Å². The van der Waals surface area contributed by atoms with E-state index < -0.39 is 12.0 Å². The van der Waals surface area contributed by atoms with E-state index in [1.165, 1.54) is 44.5 Å². The average molecular weight is 274 g/mol. The summed E-state index contributed by atoms with van der Waals surface area (Å²) in [6.45, 7) is 3.64. The van der Waals surface area contributed by atoms with Crippen LogP contribution in [0.1, 0.15) is 30.4 Å². The molecule has 1 atom stereocenters. The Balaban J connectivity index is 1.74. The van der Waals surface area contributed by atoms with E-state index in [1.807, 2.05) is 12.1 Å². The summed E-state index contributed by atoms with van der Waals surface area (Å²) in [5, 5.41) is 8.86. The van der Waals surface area contributed by atoms with Crippen molar-refractivity contribution < 1.29 is 9.90 Å². The second-order valence-electron chi connectivity index (χ2n) is 6.22. The minimum Gasteiger partial charge on any atom is -0.480 e. The van der Waals surface area contributed by atoms with Crippen molar-refractivity contribution in [1.29, 1.82) is 0 Å². The van der Waals surface area contributed by atoms with Gasteiger partial charge in [-0.25, -0.2) is 0 Å². The van der Waals surface area contributed by atoms with Crippen molar-refractivity contribution in [2.45, 2.75) is 37.1 Å². The van der Waals surface area contributed by atoms with Crippen LogP contribution >= 0.6 is 0 Å². The van der Waals surface area contributed by atoms with E-state index in [9.17, 15) is 4.79 Å². The third-order valence-electron chi connectivity index (χ3n) is 5.06. The van der Waals surface area contributed by atoms with Crippen molar-refractivity contribution in [2.75, 3.05) is 19.6 Å². The van der Waals surface area contributed by atoms with Crippen LogP contribution in [-0.4, -0.2) is 41.7 Å². The molecule has 3 aliphatic heterocycles. The maximum Gasteiger partial charge on any atom is 0.320 e. The van der Waals surface area contributed by atoms with Crippen molar-refractivity contribution in [1.82, 2.24) is 4.90 Å². The standard InChI is InChI=1S/C16H22N2O2/c17-14(15(19)20)11-12-1-3-13(4-2-12)16-5-8-18(9-6-16)10-7-16/h1-4,14H,5-11,17H2,(H,19,20). The van der Waals surface area contributed by atoms with Gasteiger partial charge in [0.15, 0.2) is 0 Å². The summed E-state index contributed by atoms with van der Waals surface area (Å²) in [4.78, 5) is 13.3. The van der Waals surface area contributed by atoms with Gasteiger partial charge in [-0.3, -0.25) is 4.79 Å². The number of piperidine rings is 3. The molecule has 3 fully saturated rings. The predicted molar refractivity (Wildman–Crippen MR) is 77.7 cm³/mol. The number of fused-ring (bicyclic) bond motifs is 3. The summed E-state index contributed by atoms with van der Waals surface area (Å²) >= 11 is 0. The zero-order valence-electron chi connectivity index (χ0n) is 11.7. The zero-order valence-corrected chi connectivity index (χ0v) is 11.7. The lowest BCUT2D eigenvalue weighted by Crippen LogP contribution is -2.50. The van der Waals surface area contributed by atoms with Crippen LogP contribution in [0.4, 0.5) is 0 Å². The van der Waals surface area contributed by atoms with Gasteiger partial charge >= 0.3 is 5.97 Å². The number of hydrogen-bond donors (Lipinski definition) is 2. The molecule has 0 saturated carbocycles. The van der Waals surface area contributed by atoms with Crippen molar-refractivity contribution in [3.63, 3.8) is 0 Å². The van der Waals surface area contributed by atoms with Gasteiger partial charge in [0.25, 0.3) is 0 Å². The topological polar surface area (TPSA) is 66.6 Å². The van der Waals surface area contributed by atoms with Crippen LogP contribution in [-0.2, 0) is 16.6 Å².